The first kappa shape index (κ1) is 18.8. The summed E-state index contributed by atoms with van der Waals surface area (Å²) in [5, 5.41) is 22.0. The summed E-state index contributed by atoms with van der Waals surface area (Å²) < 4.78 is 1.44. The molecule has 1 aliphatic carbocycles. The van der Waals surface area contributed by atoms with E-state index < -0.39 is 4.92 Å². The van der Waals surface area contributed by atoms with Crippen molar-refractivity contribution < 1.29 is 9.72 Å². The zero-order valence-corrected chi connectivity index (χ0v) is 16.0. The van der Waals surface area contributed by atoms with E-state index in [2.05, 4.69) is 33.8 Å². The molecule has 0 saturated carbocycles. The maximum absolute atomic E-state index is 12.7. The predicted octanol–water partition coefficient (Wildman–Crippen LogP) is 3.33. The molecule has 0 radical (unpaired) electrons. The van der Waals surface area contributed by atoms with Crippen molar-refractivity contribution in [3.05, 3.63) is 81.2 Å². The second-order valence-corrected chi connectivity index (χ2v) is 7.21. The fourth-order valence-corrected chi connectivity index (χ4v) is 3.89. The molecular formula is C21H21N5O3. The second kappa shape index (κ2) is 7.83. The Bertz CT molecular complexity index is 1080. The first-order valence-corrected chi connectivity index (χ1v) is 9.57. The molecule has 0 aliphatic heterocycles. The molecule has 1 atom stereocenters. The van der Waals surface area contributed by atoms with Crippen LogP contribution in [0.3, 0.4) is 0 Å². The van der Waals surface area contributed by atoms with Gasteiger partial charge >= 0.3 is 0 Å². The molecule has 1 N–H and O–H groups in total. The highest BCUT2D eigenvalue weighted by Crippen LogP contribution is 2.30. The number of hydrogen-bond acceptors (Lipinski definition) is 5. The van der Waals surface area contributed by atoms with Crippen LogP contribution in [0.5, 0.6) is 0 Å². The average Bonchev–Trinajstić information content (AvgIpc) is 3.13. The number of nitro groups is 1. The monoisotopic (exact) mass is 391 g/mol. The number of aromatic nitrogens is 3. The largest absolute Gasteiger partial charge is 0.350 e. The Morgan fingerprint density at radius 2 is 2.10 bits per heavy atom. The van der Waals surface area contributed by atoms with Gasteiger partial charge in [0.25, 0.3) is 11.6 Å². The highest BCUT2D eigenvalue weighted by Gasteiger charge is 2.23. The zero-order valence-electron chi connectivity index (χ0n) is 16.0. The first-order chi connectivity index (χ1) is 14.0. The Balaban J connectivity index is 1.50. The topological polar surface area (TPSA) is 103 Å². The smallest absolute Gasteiger partial charge is 0.273 e. The number of amides is 1. The quantitative estimate of drug-likeness (QED) is 0.531. The van der Waals surface area contributed by atoms with Gasteiger partial charge in [0.15, 0.2) is 5.69 Å². The zero-order chi connectivity index (χ0) is 20.4. The van der Waals surface area contributed by atoms with Gasteiger partial charge in [-0.25, -0.2) is 4.68 Å². The Hall–Kier alpha value is -3.55. The van der Waals surface area contributed by atoms with Gasteiger partial charge in [-0.3, -0.25) is 14.9 Å². The van der Waals surface area contributed by atoms with Gasteiger partial charge < -0.3 is 5.32 Å². The molecule has 1 aromatic heterocycles. The molecule has 0 saturated heterocycles. The van der Waals surface area contributed by atoms with Gasteiger partial charge in [0.05, 0.1) is 16.3 Å². The van der Waals surface area contributed by atoms with Gasteiger partial charge in [-0.15, -0.1) is 5.10 Å². The van der Waals surface area contributed by atoms with Crippen LogP contribution in [0, 0.1) is 17.0 Å². The van der Waals surface area contributed by atoms with E-state index in [1.807, 2.05) is 6.07 Å². The Kier molecular flexibility index (Phi) is 5.07. The van der Waals surface area contributed by atoms with Gasteiger partial charge in [-0.1, -0.05) is 35.5 Å². The van der Waals surface area contributed by atoms with Crippen molar-refractivity contribution in [1.82, 2.24) is 20.3 Å². The van der Waals surface area contributed by atoms with Crippen LogP contribution in [0.2, 0.25) is 0 Å². The molecule has 148 valence electrons. The summed E-state index contributed by atoms with van der Waals surface area (Å²) in [6.07, 6.45) is 3.23. The molecule has 2 aromatic carbocycles. The van der Waals surface area contributed by atoms with Crippen LogP contribution in [0.25, 0.3) is 5.69 Å². The third kappa shape index (κ3) is 3.73. The van der Waals surface area contributed by atoms with Crippen LogP contribution in [0.15, 0.2) is 48.5 Å². The van der Waals surface area contributed by atoms with Crippen molar-refractivity contribution in [3.8, 4) is 5.69 Å². The molecule has 1 unspecified atom stereocenters. The maximum Gasteiger partial charge on any atom is 0.273 e. The average molecular weight is 391 g/mol. The fourth-order valence-electron chi connectivity index (χ4n) is 3.89. The van der Waals surface area contributed by atoms with E-state index in [1.54, 1.807) is 19.1 Å². The van der Waals surface area contributed by atoms with Crippen molar-refractivity contribution in [2.24, 2.45) is 0 Å². The SMILES string of the molecule is Cc1c(C(=O)NCC2CCCc3ccccc32)nnn1-c1cccc([N+](=O)[O-])c1. The summed E-state index contributed by atoms with van der Waals surface area (Å²) in [7, 11) is 0. The molecule has 4 rings (SSSR count). The third-order valence-corrected chi connectivity index (χ3v) is 5.40. The first-order valence-electron chi connectivity index (χ1n) is 9.57. The minimum absolute atomic E-state index is 0.0423. The Morgan fingerprint density at radius 1 is 1.28 bits per heavy atom. The number of aryl methyl sites for hydroxylation is 1. The van der Waals surface area contributed by atoms with Gasteiger partial charge in [0.1, 0.15) is 0 Å². The van der Waals surface area contributed by atoms with E-state index in [9.17, 15) is 14.9 Å². The second-order valence-electron chi connectivity index (χ2n) is 7.21. The number of carbonyl (C=O) groups excluding carboxylic acids is 1. The van der Waals surface area contributed by atoms with Crippen LogP contribution >= 0.6 is 0 Å². The number of rotatable bonds is 5. The number of nitrogens with zero attached hydrogens (tertiary/aromatic N) is 4. The van der Waals surface area contributed by atoms with Gasteiger partial charge in [0.2, 0.25) is 0 Å². The van der Waals surface area contributed by atoms with E-state index in [0.717, 1.165) is 19.3 Å². The van der Waals surface area contributed by atoms with Crippen molar-refractivity contribution in [1.29, 1.82) is 0 Å². The summed E-state index contributed by atoms with van der Waals surface area (Å²) in [5.41, 5.74) is 3.86. The van der Waals surface area contributed by atoms with Gasteiger partial charge in [-0.05, 0) is 43.4 Å². The van der Waals surface area contributed by atoms with Crippen LogP contribution in [0.4, 0.5) is 5.69 Å². The summed E-state index contributed by atoms with van der Waals surface area (Å²) in [6.45, 7) is 2.27. The lowest BCUT2D eigenvalue weighted by Gasteiger charge is -2.25. The molecule has 0 bridgehead atoms. The van der Waals surface area contributed by atoms with Crippen LogP contribution < -0.4 is 5.32 Å². The number of carbonyl (C=O) groups is 1. The van der Waals surface area contributed by atoms with Crippen molar-refractivity contribution in [3.63, 3.8) is 0 Å². The van der Waals surface area contributed by atoms with E-state index in [1.165, 1.54) is 27.9 Å². The number of nitro benzene ring substituents is 1. The minimum Gasteiger partial charge on any atom is -0.350 e. The van der Waals surface area contributed by atoms with E-state index in [4.69, 9.17) is 0 Å². The van der Waals surface area contributed by atoms with E-state index >= 15 is 0 Å². The van der Waals surface area contributed by atoms with Crippen molar-refractivity contribution in [2.45, 2.75) is 32.1 Å². The summed E-state index contributed by atoms with van der Waals surface area (Å²) in [4.78, 5) is 23.2. The number of benzene rings is 2. The summed E-state index contributed by atoms with van der Waals surface area (Å²) in [5.74, 6) is -0.00161. The molecule has 29 heavy (non-hydrogen) atoms. The summed E-state index contributed by atoms with van der Waals surface area (Å²) >= 11 is 0. The highest BCUT2D eigenvalue weighted by molar-refractivity contribution is 5.93. The molecule has 0 spiro atoms. The lowest BCUT2D eigenvalue weighted by atomic mass is 9.83. The molecule has 8 nitrogen and oxygen atoms in total. The molecule has 3 aromatic rings. The molecule has 1 heterocycles. The Morgan fingerprint density at radius 3 is 2.93 bits per heavy atom. The standard InChI is InChI=1S/C21H21N5O3/c1-14-20(23-24-25(14)17-9-5-10-18(12-17)26(28)29)21(27)22-13-16-8-4-7-15-6-2-3-11-19(15)16/h2-3,5-6,9-12,16H,4,7-8,13H2,1H3,(H,22,27). The van der Waals surface area contributed by atoms with Crippen LogP contribution in [-0.4, -0.2) is 32.4 Å². The number of nitrogens with one attached hydrogen (secondary N) is 1. The molecular weight excluding hydrogens is 370 g/mol. The third-order valence-electron chi connectivity index (χ3n) is 5.40. The molecule has 1 aliphatic rings. The molecule has 8 heteroatoms. The lowest BCUT2D eigenvalue weighted by Crippen LogP contribution is -2.30. The maximum atomic E-state index is 12.7. The summed E-state index contributed by atoms with van der Waals surface area (Å²) in [6, 6.07) is 14.5. The van der Waals surface area contributed by atoms with Crippen LogP contribution in [-0.2, 0) is 6.42 Å². The lowest BCUT2D eigenvalue weighted by molar-refractivity contribution is -0.384. The van der Waals surface area contributed by atoms with Crippen LogP contribution in [0.1, 0.15) is 46.1 Å². The highest BCUT2D eigenvalue weighted by atomic mass is 16.6. The van der Waals surface area contributed by atoms with Crippen molar-refractivity contribution >= 4 is 11.6 Å². The Labute approximate surface area is 167 Å². The van der Waals surface area contributed by atoms with E-state index in [-0.39, 0.29) is 23.2 Å². The normalized spacial score (nSPS) is 15.6. The minimum atomic E-state index is -0.467. The number of non-ortho nitro benzene ring substituents is 1. The van der Waals surface area contributed by atoms with Gasteiger partial charge in [0, 0.05) is 24.6 Å². The molecule has 0 fully saturated rings. The number of hydrogen-bond donors (Lipinski definition) is 1. The number of fused-ring (bicyclic) bond motifs is 1. The van der Waals surface area contributed by atoms with E-state index in [0.29, 0.717) is 17.9 Å². The van der Waals surface area contributed by atoms with Crippen molar-refractivity contribution in [2.75, 3.05) is 6.54 Å². The predicted molar refractivity (Wildman–Crippen MR) is 107 cm³/mol. The fraction of sp³-hybridized carbons (Fsp3) is 0.286. The van der Waals surface area contributed by atoms with Gasteiger partial charge in [-0.2, -0.15) is 0 Å². The molecule has 1 amide bonds.